The van der Waals surface area contributed by atoms with E-state index in [0.29, 0.717) is 23.8 Å². The van der Waals surface area contributed by atoms with Crippen molar-refractivity contribution >= 4 is 28.2 Å². The van der Waals surface area contributed by atoms with Crippen molar-refractivity contribution in [3.63, 3.8) is 0 Å². The van der Waals surface area contributed by atoms with Crippen molar-refractivity contribution in [2.75, 3.05) is 6.61 Å². The van der Waals surface area contributed by atoms with Gasteiger partial charge in [-0.2, -0.15) is 0 Å². The van der Waals surface area contributed by atoms with Crippen LogP contribution in [0.3, 0.4) is 0 Å². The molecule has 0 saturated carbocycles. The normalized spacial score (nSPS) is 11.7. The first-order chi connectivity index (χ1) is 16.9. The standard InChI is InChI=1S/C28H28FN3O2S/c1-3-34-25-13-14-26-22(16-25)15-23(27(33)31-26)18-32(17-20-9-11-24(29)12-10-20)28(35)30-19(2)21-7-5-4-6-8-21/h4-16,19H,3,17-18H2,1-2H3,(H,30,35)(H,31,33)/t19-/m0/s1. The molecule has 4 aromatic rings. The molecule has 2 N–H and O–H groups in total. The fraction of sp³-hybridized carbons (Fsp3) is 0.214. The van der Waals surface area contributed by atoms with Gasteiger partial charge in [0.15, 0.2) is 5.11 Å². The average molecular weight is 490 g/mol. The number of thiocarbonyl (C=S) groups is 1. The van der Waals surface area contributed by atoms with Crippen molar-refractivity contribution in [2.45, 2.75) is 33.0 Å². The highest BCUT2D eigenvalue weighted by molar-refractivity contribution is 7.80. The van der Waals surface area contributed by atoms with Gasteiger partial charge in [0, 0.05) is 23.0 Å². The van der Waals surface area contributed by atoms with Crippen LogP contribution in [0.15, 0.2) is 83.7 Å². The molecule has 5 nitrogen and oxygen atoms in total. The van der Waals surface area contributed by atoms with Gasteiger partial charge in [0.1, 0.15) is 11.6 Å². The Morgan fingerprint density at radius 2 is 1.80 bits per heavy atom. The smallest absolute Gasteiger partial charge is 0.253 e. The van der Waals surface area contributed by atoms with Crippen LogP contribution in [0.4, 0.5) is 4.39 Å². The molecule has 0 saturated heterocycles. The minimum absolute atomic E-state index is 0.0249. The summed E-state index contributed by atoms with van der Waals surface area (Å²) < 4.78 is 19.1. The lowest BCUT2D eigenvalue weighted by atomic mass is 10.1. The number of benzene rings is 3. The van der Waals surface area contributed by atoms with Crippen LogP contribution < -0.4 is 15.6 Å². The van der Waals surface area contributed by atoms with Crippen LogP contribution >= 0.6 is 12.2 Å². The van der Waals surface area contributed by atoms with Crippen LogP contribution in [-0.2, 0) is 13.1 Å². The van der Waals surface area contributed by atoms with Crippen LogP contribution in [-0.4, -0.2) is 21.6 Å². The maximum atomic E-state index is 13.5. The number of halogens is 1. The highest BCUT2D eigenvalue weighted by Crippen LogP contribution is 2.21. The van der Waals surface area contributed by atoms with Gasteiger partial charge in [0.05, 0.1) is 19.2 Å². The zero-order valence-electron chi connectivity index (χ0n) is 19.8. The Morgan fingerprint density at radius 3 is 2.51 bits per heavy atom. The number of fused-ring (bicyclic) bond motifs is 1. The lowest BCUT2D eigenvalue weighted by Crippen LogP contribution is -2.41. The number of hydrogen-bond acceptors (Lipinski definition) is 3. The van der Waals surface area contributed by atoms with Crippen LogP contribution in [0, 0.1) is 5.82 Å². The molecule has 0 amide bonds. The van der Waals surface area contributed by atoms with Crippen LogP contribution in [0.5, 0.6) is 5.75 Å². The number of hydrogen-bond donors (Lipinski definition) is 2. The summed E-state index contributed by atoms with van der Waals surface area (Å²) in [4.78, 5) is 17.8. The highest BCUT2D eigenvalue weighted by Gasteiger charge is 2.17. The van der Waals surface area contributed by atoms with Gasteiger partial charge in [-0.25, -0.2) is 4.39 Å². The molecular weight excluding hydrogens is 461 g/mol. The van der Waals surface area contributed by atoms with E-state index in [0.717, 1.165) is 27.8 Å². The van der Waals surface area contributed by atoms with Gasteiger partial charge < -0.3 is 19.9 Å². The van der Waals surface area contributed by atoms with Gasteiger partial charge >= 0.3 is 0 Å². The molecule has 3 aromatic carbocycles. The lowest BCUT2D eigenvalue weighted by molar-refractivity contribution is 0.340. The molecule has 4 rings (SSSR count). The van der Waals surface area contributed by atoms with E-state index in [1.807, 2.05) is 73.3 Å². The molecule has 35 heavy (non-hydrogen) atoms. The number of aromatic nitrogens is 1. The van der Waals surface area contributed by atoms with Crippen molar-refractivity contribution < 1.29 is 9.13 Å². The summed E-state index contributed by atoms with van der Waals surface area (Å²) in [6.07, 6.45) is 0. The highest BCUT2D eigenvalue weighted by atomic mass is 32.1. The second kappa shape index (κ2) is 11.1. The number of nitrogens with one attached hydrogen (secondary N) is 2. The minimum Gasteiger partial charge on any atom is -0.494 e. The zero-order chi connectivity index (χ0) is 24.8. The topological polar surface area (TPSA) is 57.4 Å². The molecule has 0 unspecified atom stereocenters. The quantitative estimate of drug-likeness (QED) is 0.311. The summed E-state index contributed by atoms with van der Waals surface area (Å²) >= 11 is 5.78. The van der Waals surface area contributed by atoms with Gasteiger partial charge in [-0.1, -0.05) is 42.5 Å². The van der Waals surface area contributed by atoms with Gasteiger partial charge in [-0.05, 0) is 73.6 Å². The van der Waals surface area contributed by atoms with E-state index in [1.165, 1.54) is 12.1 Å². The first-order valence-corrected chi connectivity index (χ1v) is 12.0. The molecule has 0 bridgehead atoms. The fourth-order valence-electron chi connectivity index (χ4n) is 3.92. The minimum atomic E-state index is -0.297. The summed E-state index contributed by atoms with van der Waals surface area (Å²) in [5, 5.41) is 4.77. The molecular formula is C28H28FN3O2S. The predicted octanol–water partition coefficient (Wildman–Crippen LogP) is 5.70. The van der Waals surface area contributed by atoms with Crippen LogP contribution in [0.2, 0.25) is 0 Å². The van der Waals surface area contributed by atoms with E-state index in [-0.39, 0.29) is 24.0 Å². The molecule has 1 atom stereocenters. The molecule has 0 radical (unpaired) electrons. The Morgan fingerprint density at radius 1 is 1.06 bits per heavy atom. The predicted molar refractivity (Wildman–Crippen MR) is 142 cm³/mol. The SMILES string of the molecule is CCOc1ccc2[nH]c(=O)c(CN(Cc3ccc(F)cc3)C(=S)N[C@@H](C)c3ccccc3)cc2c1. The number of H-pyrrole nitrogens is 1. The van der Waals surface area contributed by atoms with Crippen molar-refractivity contribution in [3.8, 4) is 5.75 Å². The molecule has 0 fully saturated rings. The largest absolute Gasteiger partial charge is 0.494 e. The van der Waals surface area contributed by atoms with Crippen molar-refractivity contribution in [3.05, 3.63) is 112 Å². The van der Waals surface area contributed by atoms with Gasteiger partial charge in [0.2, 0.25) is 0 Å². The van der Waals surface area contributed by atoms with E-state index >= 15 is 0 Å². The monoisotopic (exact) mass is 489 g/mol. The van der Waals surface area contributed by atoms with E-state index in [2.05, 4.69) is 10.3 Å². The third kappa shape index (κ3) is 6.25. The summed E-state index contributed by atoms with van der Waals surface area (Å²) in [5.74, 6) is 0.449. The van der Waals surface area contributed by atoms with Crippen molar-refractivity contribution in [1.82, 2.24) is 15.2 Å². The van der Waals surface area contributed by atoms with E-state index in [9.17, 15) is 9.18 Å². The Balaban J connectivity index is 1.62. The second-order valence-electron chi connectivity index (χ2n) is 8.37. The zero-order valence-corrected chi connectivity index (χ0v) is 20.6. The average Bonchev–Trinajstić information content (AvgIpc) is 2.86. The summed E-state index contributed by atoms with van der Waals surface area (Å²) in [7, 11) is 0. The molecule has 1 heterocycles. The van der Waals surface area contributed by atoms with E-state index in [4.69, 9.17) is 17.0 Å². The van der Waals surface area contributed by atoms with Gasteiger partial charge in [0.25, 0.3) is 5.56 Å². The number of ether oxygens (including phenoxy) is 1. The van der Waals surface area contributed by atoms with Crippen molar-refractivity contribution in [2.24, 2.45) is 0 Å². The summed E-state index contributed by atoms with van der Waals surface area (Å²) in [6, 6.07) is 23.8. The van der Waals surface area contributed by atoms with Gasteiger partial charge in [-0.3, -0.25) is 4.79 Å². The number of nitrogens with zero attached hydrogens (tertiary/aromatic N) is 1. The molecule has 0 aliphatic rings. The number of pyridine rings is 1. The molecule has 180 valence electrons. The number of rotatable bonds is 8. The summed E-state index contributed by atoms with van der Waals surface area (Å²) in [5.41, 5.74) is 3.13. The molecule has 1 aromatic heterocycles. The first-order valence-electron chi connectivity index (χ1n) is 11.6. The third-order valence-electron chi connectivity index (χ3n) is 5.78. The second-order valence-corrected chi connectivity index (χ2v) is 8.76. The first kappa shape index (κ1) is 24.4. The Labute approximate surface area is 209 Å². The molecule has 7 heteroatoms. The number of aromatic amines is 1. The van der Waals surface area contributed by atoms with Gasteiger partial charge in [-0.15, -0.1) is 0 Å². The van der Waals surface area contributed by atoms with Crippen LogP contribution in [0.25, 0.3) is 10.9 Å². The Hall–Kier alpha value is -3.71. The fourth-order valence-corrected chi connectivity index (χ4v) is 4.23. The van der Waals surface area contributed by atoms with Crippen molar-refractivity contribution in [1.29, 1.82) is 0 Å². The molecule has 0 aliphatic heterocycles. The third-order valence-corrected chi connectivity index (χ3v) is 6.15. The van der Waals surface area contributed by atoms with E-state index in [1.54, 1.807) is 12.1 Å². The van der Waals surface area contributed by atoms with E-state index < -0.39 is 0 Å². The molecule has 0 aliphatic carbocycles. The maximum Gasteiger partial charge on any atom is 0.253 e. The maximum absolute atomic E-state index is 13.5. The Kier molecular flexibility index (Phi) is 7.77. The lowest BCUT2D eigenvalue weighted by Gasteiger charge is -2.28. The Bertz CT molecular complexity index is 1360. The summed E-state index contributed by atoms with van der Waals surface area (Å²) in [6.45, 7) is 5.24. The molecule has 0 spiro atoms. The van der Waals surface area contributed by atoms with Crippen LogP contribution in [0.1, 0.15) is 36.6 Å².